The molecule has 2 amide bonds. The molecule has 134 valence electrons. The van der Waals surface area contributed by atoms with Crippen LogP contribution in [0.4, 0.5) is 5.69 Å². The standard InChI is InChI=1S/C21H22N2O3/c1-14-6-8-18-16(12-14)7-9-19(26-18)21(25)22-13-20(24)23-11-10-15-4-2-3-5-17(15)23/h2-6,8,12,19H,7,9-11,13H2,1H3,(H,22,25). The summed E-state index contributed by atoms with van der Waals surface area (Å²) in [5.41, 5.74) is 4.45. The smallest absolute Gasteiger partial charge is 0.261 e. The van der Waals surface area contributed by atoms with Gasteiger partial charge in [-0.1, -0.05) is 35.9 Å². The molecular weight excluding hydrogens is 328 g/mol. The Morgan fingerprint density at radius 1 is 1.15 bits per heavy atom. The molecule has 1 atom stereocenters. The summed E-state index contributed by atoms with van der Waals surface area (Å²) in [4.78, 5) is 26.7. The number of rotatable bonds is 3. The van der Waals surface area contributed by atoms with Crippen LogP contribution < -0.4 is 15.0 Å². The lowest BCUT2D eigenvalue weighted by molar-refractivity contribution is -0.130. The minimum absolute atomic E-state index is 0.00617. The third kappa shape index (κ3) is 3.17. The van der Waals surface area contributed by atoms with Crippen LogP contribution in [-0.2, 0) is 22.4 Å². The Labute approximate surface area is 153 Å². The van der Waals surface area contributed by atoms with Crippen LogP contribution in [0.1, 0.15) is 23.1 Å². The van der Waals surface area contributed by atoms with Crippen molar-refractivity contribution in [3.63, 3.8) is 0 Å². The summed E-state index contributed by atoms with van der Waals surface area (Å²) >= 11 is 0. The molecule has 0 saturated carbocycles. The second-order valence-corrected chi connectivity index (χ2v) is 6.90. The van der Waals surface area contributed by atoms with Crippen molar-refractivity contribution in [2.45, 2.75) is 32.3 Å². The van der Waals surface area contributed by atoms with Gasteiger partial charge in [-0.25, -0.2) is 0 Å². The molecule has 1 unspecified atom stereocenters. The van der Waals surface area contributed by atoms with Crippen LogP contribution in [0.15, 0.2) is 42.5 Å². The molecule has 1 N–H and O–H groups in total. The topological polar surface area (TPSA) is 58.6 Å². The average Bonchev–Trinajstić information content (AvgIpc) is 3.09. The molecule has 0 radical (unpaired) electrons. The van der Waals surface area contributed by atoms with Crippen molar-refractivity contribution >= 4 is 17.5 Å². The summed E-state index contributed by atoms with van der Waals surface area (Å²) in [6.45, 7) is 2.70. The summed E-state index contributed by atoms with van der Waals surface area (Å²) < 4.78 is 5.83. The molecule has 0 bridgehead atoms. The highest BCUT2D eigenvalue weighted by Crippen LogP contribution is 2.29. The van der Waals surface area contributed by atoms with Gasteiger partial charge in [0.15, 0.2) is 6.10 Å². The molecule has 0 aliphatic carbocycles. The summed E-state index contributed by atoms with van der Waals surface area (Å²) in [6.07, 6.45) is 1.76. The van der Waals surface area contributed by atoms with Crippen molar-refractivity contribution in [1.29, 1.82) is 0 Å². The number of carbonyl (C=O) groups is 2. The zero-order valence-electron chi connectivity index (χ0n) is 14.8. The van der Waals surface area contributed by atoms with Gasteiger partial charge in [-0.3, -0.25) is 9.59 Å². The van der Waals surface area contributed by atoms with Crippen LogP contribution in [0, 0.1) is 6.92 Å². The summed E-state index contributed by atoms with van der Waals surface area (Å²) in [5.74, 6) is 0.453. The maximum atomic E-state index is 12.5. The van der Waals surface area contributed by atoms with E-state index in [1.807, 2.05) is 43.3 Å². The minimum Gasteiger partial charge on any atom is -0.480 e. The monoisotopic (exact) mass is 350 g/mol. The van der Waals surface area contributed by atoms with Gasteiger partial charge < -0.3 is 15.0 Å². The van der Waals surface area contributed by atoms with Gasteiger partial charge >= 0.3 is 0 Å². The van der Waals surface area contributed by atoms with Gasteiger partial charge in [0.05, 0.1) is 6.54 Å². The van der Waals surface area contributed by atoms with Gasteiger partial charge in [0.2, 0.25) is 5.91 Å². The number of carbonyl (C=O) groups excluding carboxylic acids is 2. The molecule has 2 aromatic rings. The Bertz CT molecular complexity index is 862. The van der Waals surface area contributed by atoms with Crippen molar-refractivity contribution in [3.05, 3.63) is 59.2 Å². The van der Waals surface area contributed by atoms with E-state index in [0.717, 1.165) is 29.8 Å². The highest BCUT2D eigenvalue weighted by atomic mass is 16.5. The maximum absolute atomic E-state index is 12.5. The van der Waals surface area contributed by atoms with Gasteiger partial charge in [-0.15, -0.1) is 0 Å². The van der Waals surface area contributed by atoms with Gasteiger partial charge in [-0.05, 0) is 49.4 Å². The molecule has 0 spiro atoms. The number of nitrogens with zero attached hydrogens (tertiary/aromatic N) is 1. The molecule has 0 saturated heterocycles. The van der Waals surface area contributed by atoms with Gasteiger partial charge in [0.1, 0.15) is 5.75 Å². The fraction of sp³-hybridized carbons (Fsp3) is 0.333. The lowest BCUT2D eigenvalue weighted by Gasteiger charge is -2.26. The Balaban J connectivity index is 1.35. The molecule has 4 rings (SSSR count). The second kappa shape index (κ2) is 6.83. The molecule has 0 fully saturated rings. The van der Waals surface area contributed by atoms with E-state index in [2.05, 4.69) is 11.4 Å². The number of para-hydroxylation sites is 1. The number of hydrogen-bond acceptors (Lipinski definition) is 3. The van der Waals surface area contributed by atoms with E-state index in [-0.39, 0.29) is 18.4 Å². The average molecular weight is 350 g/mol. The Hall–Kier alpha value is -2.82. The van der Waals surface area contributed by atoms with Crippen LogP contribution in [-0.4, -0.2) is 31.0 Å². The highest BCUT2D eigenvalue weighted by Gasteiger charge is 2.28. The first-order chi connectivity index (χ1) is 12.6. The lowest BCUT2D eigenvalue weighted by atomic mass is 10.00. The number of hydrogen-bond donors (Lipinski definition) is 1. The number of fused-ring (bicyclic) bond motifs is 2. The lowest BCUT2D eigenvalue weighted by Crippen LogP contribution is -2.45. The van der Waals surface area contributed by atoms with E-state index in [0.29, 0.717) is 13.0 Å². The molecule has 26 heavy (non-hydrogen) atoms. The van der Waals surface area contributed by atoms with E-state index >= 15 is 0 Å². The predicted molar refractivity (Wildman–Crippen MR) is 99.4 cm³/mol. The molecule has 5 heteroatoms. The zero-order chi connectivity index (χ0) is 18.1. The van der Waals surface area contributed by atoms with Crippen LogP contribution in [0.3, 0.4) is 0 Å². The second-order valence-electron chi connectivity index (χ2n) is 6.90. The van der Waals surface area contributed by atoms with Crippen molar-refractivity contribution in [3.8, 4) is 5.75 Å². The maximum Gasteiger partial charge on any atom is 0.261 e. The number of nitrogens with one attached hydrogen (secondary N) is 1. The number of anilines is 1. The quantitative estimate of drug-likeness (QED) is 0.925. The normalized spacial score (nSPS) is 17.9. The number of amides is 2. The number of aryl methyl sites for hydroxylation is 2. The summed E-state index contributed by atoms with van der Waals surface area (Å²) in [6, 6.07) is 13.9. The first-order valence-corrected chi connectivity index (χ1v) is 9.04. The van der Waals surface area contributed by atoms with Crippen LogP contribution in [0.2, 0.25) is 0 Å². The van der Waals surface area contributed by atoms with E-state index < -0.39 is 6.10 Å². The Morgan fingerprint density at radius 2 is 2.00 bits per heavy atom. The number of ether oxygens (including phenoxy) is 1. The first-order valence-electron chi connectivity index (χ1n) is 9.04. The van der Waals surface area contributed by atoms with Crippen molar-refractivity contribution in [1.82, 2.24) is 5.32 Å². The summed E-state index contributed by atoms with van der Waals surface area (Å²) in [7, 11) is 0. The third-order valence-electron chi connectivity index (χ3n) is 5.06. The molecule has 2 aromatic carbocycles. The molecule has 0 aromatic heterocycles. The van der Waals surface area contributed by atoms with Crippen LogP contribution in [0.5, 0.6) is 5.75 Å². The van der Waals surface area contributed by atoms with Gasteiger partial charge in [-0.2, -0.15) is 0 Å². The van der Waals surface area contributed by atoms with E-state index in [1.165, 1.54) is 11.1 Å². The van der Waals surface area contributed by atoms with E-state index in [1.54, 1.807) is 4.90 Å². The van der Waals surface area contributed by atoms with E-state index in [4.69, 9.17) is 4.74 Å². The van der Waals surface area contributed by atoms with Gasteiger partial charge in [0, 0.05) is 12.2 Å². The molecular formula is C21H22N2O3. The largest absolute Gasteiger partial charge is 0.480 e. The van der Waals surface area contributed by atoms with E-state index in [9.17, 15) is 9.59 Å². The SMILES string of the molecule is Cc1ccc2c(c1)CCC(C(=O)NCC(=O)N1CCc3ccccc31)O2. The first kappa shape index (κ1) is 16.6. The van der Waals surface area contributed by atoms with Crippen LogP contribution >= 0.6 is 0 Å². The number of benzene rings is 2. The van der Waals surface area contributed by atoms with Crippen molar-refractivity contribution in [2.24, 2.45) is 0 Å². The van der Waals surface area contributed by atoms with Gasteiger partial charge in [0.25, 0.3) is 5.91 Å². The fourth-order valence-electron chi connectivity index (χ4n) is 3.67. The van der Waals surface area contributed by atoms with Crippen molar-refractivity contribution < 1.29 is 14.3 Å². The Morgan fingerprint density at radius 3 is 2.88 bits per heavy atom. The van der Waals surface area contributed by atoms with Crippen LogP contribution in [0.25, 0.3) is 0 Å². The fourth-order valence-corrected chi connectivity index (χ4v) is 3.67. The molecule has 2 aliphatic heterocycles. The molecule has 2 heterocycles. The minimum atomic E-state index is -0.538. The third-order valence-corrected chi connectivity index (χ3v) is 5.06. The Kier molecular flexibility index (Phi) is 4.37. The zero-order valence-corrected chi connectivity index (χ0v) is 14.8. The predicted octanol–water partition coefficient (Wildman–Crippen LogP) is 2.39. The highest BCUT2D eigenvalue weighted by molar-refractivity contribution is 5.98. The molecule has 2 aliphatic rings. The molecule has 5 nitrogen and oxygen atoms in total. The summed E-state index contributed by atoms with van der Waals surface area (Å²) in [5, 5.41) is 2.75. The van der Waals surface area contributed by atoms with Crippen molar-refractivity contribution in [2.75, 3.05) is 18.0 Å².